The first-order valence-corrected chi connectivity index (χ1v) is 20.9. The van der Waals surface area contributed by atoms with E-state index in [1.807, 2.05) is 6.07 Å². The van der Waals surface area contributed by atoms with Crippen LogP contribution in [0, 0.1) is 6.92 Å². The maximum absolute atomic E-state index is 11.4. The van der Waals surface area contributed by atoms with E-state index in [1.54, 1.807) is 12.1 Å². The molecule has 0 radical (unpaired) electrons. The van der Waals surface area contributed by atoms with Crippen LogP contribution < -0.4 is 29.6 Å². The molecule has 0 saturated carbocycles. The number of unbranched alkanes of at least 4 members (excludes halogenated alkanes) is 24. The fraction of sp³-hybridized carbons (Fsp3) is 0.806. The average Bonchev–Trinajstić information content (AvgIpc) is 2.97. The van der Waals surface area contributed by atoms with Gasteiger partial charge in [-0.05, 0) is 24.5 Å². The van der Waals surface area contributed by atoms with Crippen molar-refractivity contribution in [3.8, 4) is 0 Å². The van der Waals surface area contributed by atoms with Gasteiger partial charge in [-0.15, -0.1) is 0 Å². The van der Waals surface area contributed by atoms with Gasteiger partial charge < -0.3 is 6.92 Å². The van der Waals surface area contributed by atoms with Crippen LogP contribution in [0.4, 0.5) is 0 Å². The molecule has 0 fully saturated rings. The molecule has 3 N–H and O–H groups in total. The minimum absolute atomic E-state index is 0. The van der Waals surface area contributed by atoms with Crippen LogP contribution in [-0.2, 0) is 26.9 Å². The van der Waals surface area contributed by atoms with E-state index in [0.717, 1.165) is 24.8 Å². The van der Waals surface area contributed by atoms with Crippen LogP contribution in [0.2, 0.25) is 0 Å². The van der Waals surface area contributed by atoms with Gasteiger partial charge in [-0.25, -0.2) is 0 Å². The summed E-state index contributed by atoms with van der Waals surface area (Å²) in [7, 11) is -8.77. The quantitative estimate of drug-likeness (QED) is 0.0362. The molecular formula is C36H69NaO7S2. The van der Waals surface area contributed by atoms with Crippen LogP contribution in [0.15, 0.2) is 29.2 Å². The van der Waals surface area contributed by atoms with Gasteiger partial charge in [0, 0.05) is 0 Å². The molecule has 0 aromatic heterocycles. The summed E-state index contributed by atoms with van der Waals surface area (Å²) in [6.07, 6.45) is 35.9. The van der Waals surface area contributed by atoms with Crippen molar-refractivity contribution in [2.75, 3.05) is 0 Å². The molecule has 46 heavy (non-hydrogen) atoms. The summed E-state index contributed by atoms with van der Waals surface area (Å²) in [5.74, 6) is 0. The maximum Gasteiger partial charge on any atom is 1.00 e. The van der Waals surface area contributed by atoms with Gasteiger partial charge in [0.2, 0.25) is 0 Å². The Balaban J connectivity index is -0.000000850. The van der Waals surface area contributed by atoms with E-state index in [1.165, 1.54) is 154 Å². The van der Waals surface area contributed by atoms with Crippen molar-refractivity contribution in [1.29, 1.82) is 0 Å². The molecule has 0 aliphatic rings. The van der Waals surface area contributed by atoms with E-state index in [0.29, 0.717) is 6.42 Å². The minimum atomic E-state index is -4.67. The molecule has 0 aliphatic carbocycles. The molecule has 10 heteroatoms. The Kier molecular flexibility index (Phi) is 39.7. The SMILES string of the molecule is CCCCCCCCCCCCCCCCCCc1ccccc1S(=O)(=O)O.O=S(=O)(O)O.[CH2-]CCCCCCCCCCC.[Na+]. The molecule has 1 rings (SSSR count). The Morgan fingerprint density at radius 2 is 0.783 bits per heavy atom. The maximum atomic E-state index is 11.4. The molecule has 0 amide bonds. The summed E-state index contributed by atoms with van der Waals surface area (Å²) in [4.78, 5) is 0.0657. The number of hydrogen-bond acceptors (Lipinski definition) is 4. The summed E-state index contributed by atoms with van der Waals surface area (Å²) in [5.41, 5.74) is 0.732. The van der Waals surface area contributed by atoms with E-state index in [4.69, 9.17) is 17.5 Å². The first-order chi connectivity index (χ1) is 21.5. The second kappa shape index (κ2) is 36.3. The predicted octanol–water partition coefficient (Wildman–Crippen LogP) is 8.83. The van der Waals surface area contributed by atoms with E-state index < -0.39 is 20.5 Å². The van der Waals surface area contributed by atoms with Gasteiger partial charge in [0.15, 0.2) is 0 Å². The van der Waals surface area contributed by atoms with Crippen LogP contribution in [0.1, 0.15) is 186 Å². The van der Waals surface area contributed by atoms with Crippen molar-refractivity contribution in [1.82, 2.24) is 0 Å². The van der Waals surface area contributed by atoms with Gasteiger partial charge in [-0.2, -0.15) is 23.3 Å². The van der Waals surface area contributed by atoms with Crippen molar-refractivity contribution in [2.45, 2.75) is 192 Å². The van der Waals surface area contributed by atoms with E-state index in [2.05, 4.69) is 20.8 Å². The fourth-order valence-corrected chi connectivity index (χ4v) is 6.06. The fourth-order valence-electron chi connectivity index (χ4n) is 5.31. The zero-order valence-corrected chi connectivity index (χ0v) is 33.5. The number of benzene rings is 1. The molecule has 1 aromatic carbocycles. The van der Waals surface area contributed by atoms with Crippen LogP contribution in [0.3, 0.4) is 0 Å². The predicted molar refractivity (Wildman–Crippen MR) is 191 cm³/mol. The molecule has 0 unspecified atom stereocenters. The third-order valence-electron chi connectivity index (χ3n) is 7.90. The van der Waals surface area contributed by atoms with E-state index >= 15 is 0 Å². The molecule has 0 spiro atoms. The average molecular weight is 701 g/mol. The molecule has 0 saturated heterocycles. The first-order valence-electron chi connectivity index (χ1n) is 18.0. The second-order valence-electron chi connectivity index (χ2n) is 12.3. The normalized spacial score (nSPS) is 11.2. The van der Waals surface area contributed by atoms with Gasteiger partial charge >= 0.3 is 40.0 Å². The van der Waals surface area contributed by atoms with Crippen molar-refractivity contribution in [2.24, 2.45) is 0 Å². The Morgan fingerprint density at radius 1 is 0.500 bits per heavy atom. The Bertz CT molecular complexity index is 952. The smallest absolute Gasteiger partial charge is 0.343 e. The summed E-state index contributed by atoms with van der Waals surface area (Å²) >= 11 is 0. The summed E-state index contributed by atoms with van der Waals surface area (Å²) in [6, 6.07) is 6.77. The van der Waals surface area contributed by atoms with Crippen LogP contribution in [0.5, 0.6) is 0 Å². The standard InChI is InChI=1S/C24H42O3S.C12H25.Na.H2O4S/c1-2-3-4-5-6-7-8-9-10-11-12-13-14-15-16-17-20-23-21-18-19-22-24(23)28(25,26)27;1-3-5-7-9-11-12-10-8-6-4-2;;1-5(2,3)4/h18-19,21-22H,2-17,20H2,1H3,(H,25,26,27);1,3-12H2,2H3;;(H2,1,2,3,4)/q;-1;+1;. The third kappa shape index (κ3) is 42.0. The van der Waals surface area contributed by atoms with Crippen LogP contribution in [-0.4, -0.2) is 30.5 Å². The number of hydrogen-bond donors (Lipinski definition) is 3. The Hall–Kier alpha value is -0.000000000000000222. The van der Waals surface area contributed by atoms with E-state index in [-0.39, 0.29) is 34.5 Å². The van der Waals surface area contributed by atoms with Crippen molar-refractivity contribution in [3.63, 3.8) is 0 Å². The summed E-state index contributed by atoms with van der Waals surface area (Å²) < 4.78 is 63.6. The zero-order valence-electron chi connectivity index (χ0n) is 29.9. The number of aryl methyl sites for hydroxylation is 1. The third-order valence-corrected chi connectivity index (χ3v) is 8.86. The van der Waals surface area contributed by atoms with Gasteiger partial charge in [-0.1, -0.05) is 186 Å². The first kappa shape index (κ1) is 50.4. The minimum Gasteiger partial charge on any atom is -0.343 e. The molecular weight excluding hydrogens is 632 g/mol. The molecule has 0 heterocycles. The summed E-state index contributed by atoms with van der Waals surface area (Å²) in [6.45, 7) is 8.39. The van der Waals surface area contributed by atoms with Gasteiger partial charge in [-0.3, -0.25) is 13.7 Å². The van der Waals surface area contributed by atoms with Gasteiger partial charge in [0.1, 0.15) is 0 Å². The molecule has 7 nitrogen and oxygen atoms in total. The number of rotatable bonds is 27. The zero-order chi connectivity index (χ0) is 34.1. The molecule has 268 valence electrons. The van der Waals surface area contributed by atoms with Crippen molar-refractivity contribution < 1.29 is 60.1 Å². The van der Waals surface area contributed by atoms with Crippen LogP contribution in [0.25, 0.3) is 0 Å². The summed E-state index contributed by atoms with van der Waals surface area (Å²) in [5, 5.41) is 0. The van der Waals surface area contributed by atoms with Crippen molar-refractivity contribution in [3.05, 3.63) is 36.8 Å². The largest absolute Gasteiger partial charge is 1.00 e. The topological polar surface area (TPSA) is 129 Å². The van der Waals surface area contributed by atoms with Gasteiger partial charge in [0.25, 0.3) is 10.1 Å². The van der Waals surface area contributed by atoms with Crippen LogP contribution >= 0.6 is 0 Å². The monoisotopic (exact) mass is 700 g/mol. The molecule has 0 aliphatic heterocycles. The molecule has 0 atom stereocenters. The molecule has 1 aromatic rings. The van der Waals surface area contributed by atoms with Gasteiger partial charge in [0.05, 0.1) is 4.90 Å². The Morgan fingerprint density at radius 3 is 1.09 bits per heavy atom. The second-order valence-corrected chi connectivity index (χ2v) is 14.6. The molecule has 0 bridgehead atoms. The van der Waals surface area contributed by atoms with E-state index in [9.17, 15) is 13.0 Å². The van der Waals surface area contributed by atoms with Crippen molar-refractivity contribution >= 4 is 20.5 Å². The Labute approximate surface area is 307 Å².